The van der Waals surface area contributed by atoms with E-state index in [0.29, 0.717) is 12.0 Å². The van der Waals surface area contributed by atoms with Crippen LogP contribution in [0.25, 0.3) is 0 Å². The van der Waals surface area contributed by atoms with Gasteiger partial charge in [-0.05, 0) is 26.4 Å². The van der Waals surface area contributed by atoms with Gasteiger partial charge >= 0.3 is 0 Å². The van der Waals surface area contributed by atoms with Crippen molar-refractivity contribution < 1.29 is 0 Å². The number of likely N-dealkylation sites (N-methyl/N-ethyl adjacent to an activating group) is 1. The predicted molar refractivity (Wildman–Crippen MR) is 81.6 cm³/mol. The second-order valence-electron chi connectivity index (χ2n) is 5.47. The molecule has 0 saturated heterocycles. The molecule has 0 saturated carbocycles. The molecular formula is C14H27N5. The van der Waals surface area contributed by atoms with Crippen LogP contribution >= 0.6 is 0 Å². The topological polar surface area (TPSA) is 53.1 Å². The summed E-state index contributed by atoms with van der Waals surface area (Å²) in [6.07, 6.45) is 2.69. The zero-order valence-electron chi connectivity index (χ0n) is 12.8. The van der Waals surface area contributed by atoms with Gasteiger partial charge in [-0.3, -0.25) is 0 Å². The molecule has 0 aliphatic rings. The molecule has 1 rings (SSSR count). The molecular weight excluding hydrogens is 238 g/mol. The zero-order valence-corrected chi connectivity index (χ0v) is 12.8. The summed E-state index contributed by atoms with van der Waals surface area (Å²) in [7, 11) is 4.18. The molecule has 0 aromatic carbocycles. The molecule has 0 amide bonds. The summed E-state index contributed by atoms with van der Waals surface area (Å²) >= 11 is 0. The molecule has 0 aliphatic heterocycles. The Morgan fingerprint density at radius 2 is 1.89 bits per heavy atom. The van der Waals surface area contributed by atoms with Crippen LogP contribution in [0.3, 0.4) is 0 Å². The summed E-state index contributed by atoms with van der Waals surface area (Å²) in [4.78, 5) is 10.7. The Morgan fingerprint density at radius 3 is 2.47 bits per heavy atom. The number of aromatic nitrogens is 2. The first-order valence-corrected chi connectivity index (χ1v) is 7.00. The molecule has 1 unspecified atom stereocenters. The largest absolute Gasteiger partial charge is 0.370 e. The van der Waals surface area contributed by atoms with Gasteiger partial charge in [-0.1, -0.05) is 20.8 Å². The van der Waals surface area contributed by atoms with Gasteiger partial charge < -0.3 is 15.5 Å². The van der Waals surface area contributed by atoms with Gasteiger partial charge in [0.25, 0.3) is 0 Å². The van der Waals surface area contributed by atoms with Gasteiger partial charge in [-0.25, -0.2) is 9.97 Å². The molecule has 5 heteroatoms. The first kappa shape index (κ1) is 15.7. The quantitative estimate of drug-likeness (QED) is 0.755. The van der Waals surface area contributed by atoms with Crippen LogP contribution in [0.5, 0.6) is 0 Å². The lowest BCUT2D eigenvalue weighted by atomic mass is 10.0. The van der Waals surface area contributed by atoms with Crippen LogP contribution in [-0.2, 0) is 0 Å². The summed E-state index contributed by atoms with van der Waals surface area (Å²) in [6.45, 7) is 8.50. The van der Waals surface area contributed by atoms with E-state index in [0.717, 1.165) is 31.1 Å². The first-order valence-electron chi connectivity index (χ1n) is 7.00. The Bertz CT molecular complexity index is 365. The maximum atomic E-state index is 4.30. The summed E-state index contributed by atoms with van der Waals surface area (Å²) in [5.74, 6) is 2.31. The van der Waals surface area contributed by atoms with Gasteiger partial charge in [0.1, 0.15) is 18.0 Å². The molecule has 1 atom stereocenters. The third-order valence-electron chi connectivity index (χ3n) is 2.92. The molecule has 108 valence electrons. The second-order valence-corrected chi connectivity index (χ2v) is 5.47. The Labute approximate surface area is 116 Å². The van der Waals surface area contributed by atoms with Crippen molar-refractivity contribution >= 4 is 11.6 Å². The van der Waals surface area contributed by atoms with Crippen molar-refractivity contribution in [2.45, 2.75) is 33.2 Å². The minimum absolute atomic E-state index is 0.379. The monoisotopic (exact) mass is 265 g/mol. The Kier molecular flexibility index (Phi) is 6.56. The minimum atomic E-state index is 0.379. The summed E-state index contributed by atoms with van der Waals surface area (Å²) in [5, 5.41) is 6.77. The van der Waals surface area contributed by atoms with E-state index >= 15 is 0 Å². The van der Waals surface area contributed by atoms with E-state index in [4.69, 9.17) is 0 Å². The van der Waals surface area contributed by atoms with Crippen molar-refractivity contribution in [3.63, 3.8) is 0 Å². The predicted octanol–water partition coefficient (Wildman–Crippen LogP) is 2.30. The maximum absolute atomic E-state index is 4.30. The molecule has 0 aliphatic carbocycles. The SMILES string of the molecule is CCCNc1cc(NC(CN(C)C)C(C)C)ncn1. The molecule has 0 bridgehead atoms. The standard InChI is InChI=1S/C14H27N5/c1-6-7-15-13-8-14(17-10-16-13)18-12(11(2)3)9-19(4)5/h8,10-12H,6-7,9H2,1-5H3,(H2,15,16,17,18). The second kappa shape index (κ2) is 7.94. The van der Waals surface area contributed by atoms with E-state index in [1.54, 1.807) is 6.33 Å². The van der Waals surface area contributed by atoms with Gasteiger partial charge in [0.05, 0.1) is 0 Å². The van der Waals surface area contributed by atoms with Crippen LogP contribution in [0.1, 0.15) is 27.2 Å². The number of hydrogen-bond acceptors (Lipinski definition) is 5. The Morgan fingerprint density at radius 1 is 1.21 bits per heavy atom. The zero-order chi connectivity index (χ0) is 14.3. The van der Waals surface area contributed by atoms with Crippen molar-refractivity contribution in [1.29, 1.82) is 0 Å². The summed E-state index contributed by atoms with van der Waals surface area (Å²) in [6, 6.07) is 2.35. The van der Waals surface area contributed by atoms with Gasteiger partial charge in [0.15, 0.2) is 0 Å². The van der Waals surface area contributed by atoms with Crippen LogP contribution in [0, 0.1) is 5.92 Å². The number of anilines is 2. The molecule has 5 nitrogen and oxygen atoms in total. The third kappa shape index (κ3) is 5.87. The van der Waals surface area contributed by atoms with Crippen molar-refractivity contribution in [2.75, 3.05) is 37.8 Å². The summed E-state index contributed by atoms with van der Waals surface area (Å²) < 4.78 is 0. The number of rotatable bonds is 8. The maximum Gasteiger partial charge on any atom is 0.131 e. The Hall–Kier alpha value is -1.36. The lowest BCUT2D eigenvalue weighted by Crippen LogP contribution is -2.36. The number of nitrogens with zero attached hydrogens (tertiary/aromatic N) is 3. The molecule has 1 aromatic heterocycles. The molecule has 0 spiro atoms. The van der Waals surface area contributed by atoms with E-state index in [2.05, 4.69) is 60.4 Å². The summed E-state index contributed by atoms with van der Waals surface area (Å²) in [5.41, 5.74) is 0. The van der Waals surface area contributed by atoms with Gasteiger partial charge in [0, 0.05) is 25.2 Å². The van der Waals surface area contributed by atoms with E-state index < -0.39 is 0 Å². The smallest absolute Gasteiger partial charge is 0.131 e. The minimum Gasteiger partial charge on any atom is -0.370 e. The van der Waals surface area contributed by atoms with E-state index in [9.17, 15) is 0 Å². The van der Waals surface area contributed by atoms with Crippen LogP contribution in [0.15, 0.2) is 12.4 Å². The van der Waals surface area contributed by atoms with Crippen LogP contribution < -0.4 is 10.6 Å². The Balaban J connectivity index is 2.67. The van der Waals surface area contributed by atoms with E-state index in [1.165, 1.54) is 0 Å². The average Bonchev–Trinajstić information content (AvgIpc) is 2.35. The molecule has 2 N–H and O–H groups in total. The van der Waals surface area contributed by atoms with Crippen LogP contribution in [0.2, 0.25) is 0 Å². The van der Waals surface area contributed by atoms with Crippen molar-refractivity contribution in [3.8, 4) is 0 Å². The molecule has 1 aromatic rings. The van der Waals surface area contributed by atoms with Crippen LogP contribution in [-0.4, -0.2) is 48.1 Å². The fraction of sp³-hybridized carbons (Fsp3) is 0.714. The van der Waals surface area contributed by atoms with Crippen LogP contribution in [0.4, 0.5) is 11.6 Å². The fourth-order valence-electron chi connectivity index (χ4n) is 1.79. The van der Waals surface area contributed by atoms with Crippen molar-refractivity contribution in [2.24, 2.45) is 5.92 Å². The fourth-order valence-corrected chi connectivity index (χ4v) is 1.79. The highest BCUT2D eigenvalue weighted by Crippen LogP contribution is 2.13. The normalized spacial score (nSPS) is 12.8. The average molecular weight is 265 g/mol. The first-order chi connectivity index (χ1) is 9.02. The van der Waals surface area contributed by atoms with Gasteiger partial charge in [-0.2, -0.15) is 0 Å². The molecule has 0 radical (unpaired) electrons. The number of nitrogens with one attached hydrogen (secondary N) is 2. The van der Waals surface area contributed by atoms with Crippen molar-refractivity contribution in [1.82, 2.24) is 14.9 Å². The molecule has 0 fully saturated rings. The molecule has 1 heterocycles. The van der Waals surface area contributed by atoms with Gasteiger partial charge in [0.2, 0.25) is 0 Å². The lowest BCUT2D eigenvalue weighted by molar-refractivity contribution is 0.344. The third-order valence-corrected chi connectivity index (χ3v) is 2.92. The highest BCUT2D eigenvalue weighted by Gasteiger charge is 2.14. The van der Waals surface area contributed by atoms with Crippen molar-refractivity contribution in [3.05, 3.63) is 12.4 Å². The van der Waals surface area contributed by atoms with E-state index in [1.807, 2.05) is 6.07 Å². The van der Waals surface area contributed by atoms with E-state index in [-0.39, 0.29) is 0 Å². The highest BCUT2D eigenvalue weighted by atomic mass is 15.1. The molecule has 19 heavy (non-hydrogen) atoms. The lowest BCUT2D eigenvalue weighted by Gasteiger charge is -2.26. The highest BCUT2D eigenvalue weighted by molar-refractivity contribution is 5.47. The van der Waals surface area contributed by atoms with Gasteiger partial charge in [-0.15, -0.1) is 0 Å². The number of hydrogen-bond donors (Lipinski definition) is 2.